The van der Waals surface area contributed by atoms with Crippen molar-refractivity contribution in [3.63, 3.8) is 0 Å². The minimum atomic E-state index is 0.121. The third kappa shape index (κ3) is 4.03. The SMILES string of the molecule is COc1cc(CNNCc2ccc(O)c(OC)c2)ccc1O. The zero-order valence-electron chi connectivity index (χ0n) is 12.6. The van der Waals surface area contributed by atoms with Crippen LogP contribution in [0.3, 0.4) is 0 Å². The fourth-order valence-electron chi connectivity index (χ4n) is 1.99. The molecule has 2 aromatic rings. The lowest BCUT2D eigenvalue weighted by Gasteiger charge is -2.10. The normalized spacial score (nSPS) is 10.5. The number of ether oxygens (including phenoxy) is 2. The van der Waals surface area contributed by atoms with Gasteiger partial charge in [-0.1, -0.05) is 12.1 Å². The summed E-state index contributed by atoms with van der Waals surface area (Å²) in [5.74, 6) is 1.14. The van der Waals surface area contributed by atoms with Crippen molar-refractivity contribution in [2.75, 3.05) is 14.2 Å². The van der Waals surface area contributed by atoms with Crippen LogP contribution in [0.4, 0.5) is 0 Å². The van der Waals surface area contributed by atoms with E-state index in [1.165, 1.54) is 14.2 Å². The van der Waals surface area contributed by atoms with Gasteiger partial charge < -0.3 is 19.7 Å². The zero-order valence-corrected chi connectivity index (χ0v) is 12.6. The molecule has 0 aliphatic rings. The molecule has 0 atom stereocenters. The van der Waals surface area contributed by atoms with E-state index in [0.717, 1.165) is 11.1 Å². The Morgan fingerprint density at radius 2 is 1.18 bits per heavy atom. The topological polar surface area (TPSA) is 83.0 Å². The van der Waals surface area contributed by atoms with Crippen molar-refractivity contribution in [2.24, 2.45) is 0 Å². The van der Waals surface area contributed by atoms with E-state index in [9.17, 15) is 10.2 Å². The van der Waals surface area contributed by atoms with Crippen molar-refractivity contribution in [2.45, 2.75) is 13.1 Å². The minimum absolute atomic E-state index is 0.121. The van der Waals surface area contributed by atoms with E-state index < -0.39 is 0 Å². The Bertz CT molecular complexity index is 576. The quantitative estimate of drug-likeness (QED) is 0.462. The second-order valence-corrected chi connectivity index (χ2v) is 4.72. The van der Waals surface area contributed by atoms with Crippen molar-refractivity contribution >= 4 is 0 Å². The van der Waals surface area contributed by atoms with Crippen LogP contribution in [0.1, 0.15) is 11.1 Å². The highest BCUT2D eigenvalue weighted by molar-refractivity contribution is 5.42. The average molecular weight is 304 g/mol. The van der Waals surface area contributed by atoms with Crippen molar-refractivity contribution in [3.8, 4) is 23.0 Å². The Morgan fingerprint density at radius 1 is 0.773 bits per heavy atom. The number of phenols is 2. The lowest BCUT2D eigenvalue weighted by atomic mass is 10.2. The molecule has 0 fully saturated rings. The van der Waals surface area contributed by atoms with Crippen molar-refractivity contribution in [1.29, 1.82) is 0 Å². The number of nitrogens with one attached hydrogen (secondary N) is 2. The first-order chi connectivity index (χ1) is 10.6. The highest BCUT2D eigenvalue weighted by Crippen LogP contribution is 2.27. The van der Waals surface area contributed by atoms with Crippen LogP contribution in [0.15, 0.2) is 36.4 Å². The number of hydrogen-bond donors (Lipinski definition) is 4. The highest BCUT2D eigenvalue weighted by Gasteiger charge is 2.04. The number of hydrazine groups is 1. The summed E-state index contributed by atoms with van der Waals surface area (Å²) in [7, 11) is 3.03. The zero-order chi connectivity index (χ0) is 15.9. The average Bonchev–Trinajstić information content (AvgIpc) is 2.54. The van der Waals surface area contributed by atoms with Gasteiger partial charge in [0.05, 0.1) is 14.2 Å². The summed E-state index contributed by atoms with van der Waals surface area (Å²) in [5, 5.41) is 19.1. The maximum atomic E-state index is 9.53. The Hall–Kier alpha value is -2.44. The standard InChI is InChI=1S/C16H20N2O4/c1-21-15-7-11(3-5-13(15)19)9-17-18-10-12-4-6-14(20)16(8-12)22-2/h3-8,17-20H,9-10H2,1-2H3. The number of hydrogen-bond acceptors (Lipinski definition) is 6. The second-order valence-electron chi connectivity index (χ2n) is 4.72. The predicted octanol–water partition coefficient (Wildman–Crippen LogP) is 1.91. The molecule has 0 heterocycles. The molecule has 6 heteroatoms. The molecule has 0 aliphatic heterocycles. The Balaban J connectivity index is 1.84. The summed E-state index contributed by atoms with van der Waals surface area (Å²) in [4.78, 5) is 0. The van der Waals surface area contributed by atoms with Crippen molar-refractivity contribution < 1.29 is 19.7 Å². The van der Waals surface area contributed by atoms with Gasteiger partial charge in [-0.2, -0.15) is 0 Å². The summed E-state index contributed by atoms with van der Waals surface area (Å²) in [5.41, 5.74) is 8.12. The highest BCUT2D eigenvalue weighted by atomic mass is 16.5. The van der Waals surface area contributed by atoms with Crippen molar-refractivity contribution in [1.82, 2.24) is 10.9 Å². The number of aromatic hydroxyl groups is 2. The van der Waals surface area contributed by atoms with Gasteiger partial charge in [-0.25, -0.2) is 0 Å². The molecular formula is C16H20N2O4. The molecule has 0 aromatic heterocycles. The molecule has 0 aliphatic carbocycles. The first kappa shape index (κ1) is 15.9. The molecule has 4 N–H and O–H groups in total. The number of benzene rings is 2. The van der Waals surface area contributed by atoms with Crippen LogP contribution in [0, 0.1) is 0 Å². The fourth-order valence-corrected chi connectivity index (χ4v) is 1.99. The molecule has 2 rings (SSSR count). The van der Waals surface area contributed by atoms with Gasteiger partial charge in [0.15, 0.2) is 23.0 Å². The van der Waals surface area contributed by atoms with Crippen LogP contribution in [-0.2, 0) is 13.1 Å². The Morgan fingerprint density at radius 3 is 1.55 bits per heavy atom. The summed E-state index contributed by atoms with van der Waals surface area (Å²) in [6.45, 7) is 1.15. The fraction of sp³-hybridized carbons (Fsp3) is 0.250. The Labute approximate surface area is 129 Å². The Kier molecular flexibility index (Phi) is 5.46. The minimum Gasteiger partial charge on any atom is -0.504 e. The van der Waals surface area contributed by atoms with Gasteiger partial charge in [-0.05, 0) is 35.4 Å². The van der Waals surface area contributed by atoms with Crippen molar-refractivity contribution in [3.05, 3.63) is 47.5 Å². The van der Waals surface area contributed by atoms with Crippen LogP contribution in [0.5, 0.6) is 23.0 Å². The molecule has 0 amide bonds. The third-order valence-electron chi connectivity index (χ3n) is 3.20. The van der Waals surface area contributed by atoms with Gasteiger partial charge in [0.2, 0.25) is 0 Å². The first-order valence-corrected chi connectivity index (χ1v) is 6.81. The molecular weight excluding hydrogens is 284 g/mol. The summed E-state index contributed by atoms with van der Waals surface area (Å²) >= 11 is 0. The molecule has 0 unspecified atom stereocenters. The van der Waals surface area contributed by atoms with Gasteiger partial charge in [0.1, 0.15) is 0 Å². The summed E-state index contributed by atoms with van der Waals surface area (Å²) in [6, 6.07) is 10.4. The number of methoxy groups -OCH3 is 2. The molecule has 0 saturated heterocycles. The maximum Gasteiger partial charge on any atom is 0.160 e. The summed E-state index contributed by atoms with van der Waals surface area (Å²) < 4.78 is 10.1. The van der Waals surface area contributed by atoms with E-state index >= 15 is 0 Å². The smallest absolute Gasteiger partial charge is 0.160 e. The number of phenolic OH excluding ortho intramolecular Hbond substituents is 2. The molecule has 0 saturated carbocycles. The van der Waals surface area contributed by atoms with E-state index in [4.69, 9.17) is 9.47 Å². The molecule has 22 heavy (non-hydrogen) atoms. The third-order valence-corrected chi connectivity index (χ3v) is 3.20. The molecule has 0 spiro atoms. The van der Waals surface area contributed by atoms with Crippen LogP contribution in [-0.4, -0.2) is 24.4 Å². The van der Waals surface area contributed by atoms with Gasteiger partial charge in [-0.15, -0.1) is 0 Å². The van der Waals surface area contributed by atoms with E-state index in [2.05, 4.69) is 10.9 Å². The molecule has 6 nitrogen and oxygen atoms in total. The second kappa shape index (κ2) is 7.53. The van der Waals surface area contributed by atoms with Gasteiger partial charge in [0.25, 0.3) is 0 Å². The van der Waals surface area contributed by atoms with E-state index in [1.807, 2.05) is 12.1 Å². The van der Waals surface area contributed by atoms with Gasteiger partial charge >= 0.3 is 0 Å². The molecule has 0 bridgehead atoms. The number of rotatable bonds is 7. The molecule has 118 valence electrons. The van der Waals surface area contributed by atoms with Crippen LogP contribution >= 0.6 is 0 Å². The van der Waals surface area contributed by atoms with Gasteiger partial charge in [0, 0.05) is 13.1 Å². The first-order valence-electron chi connectivity index (χ1n) is 6.81. The lowest BCUT2D eigenvalue weighted by molar-refractivity contribution is 0.372. The maximum absolute atomic E-state index is 9.53. The van der Waals surface area contributed by atoms with Crippen LogP contribution < -0.4 is 20.3 Å². The predicted molar refractivity (Wildman–Crippen MR) is 83.0 cm³/mol. The molecule has 2 aromatic carbocycles. The van der Waals surface area contributed by atoms with E-state index in [0.29, 0.717) is 24.6 Å². The lowest BCUT2D eigenvalue weighted by Crippen LogP contribution is -2.30. The van der Waals surface area contributed by atoms with Crippen LogP contribution in [0.2, 0.25) is 0 Å². The van der Waals surface area contributed by atoms with E-state index in [1.54, 1.807) is 24.3 Å². The summed E-state index contributed by atoms with van der Waals surface area (Å²) in [6.07, 6.45) is 0. The largest absolute Gasteiger partial charge is 0.504 e. The van der Waals surface area contributed by atoms with E-state index in [-0.39, 0.29) is 11.5 Å². The van der Waals surface area contributed by atoms with Crippen LogP contribution in [0.25, 0.3) is 0 Å². The molecule has 0 radical (unpaired) electrons. The van der Waals surface area contributed by atoms with Gasteiger partial charge in [-0.3, -0.25) is 10.9 Å². The monoisotopic (exact) mass is 304 g/mol.